The lowest BCUT2D eigenvalue weighted by Gasteiger charge is -2.32. The minimum absolute atomic E-state index is 0. The molecule has 0 spiro atoms. The largest absolute Gasteiger partial charge is 1.00 e. The summed E-state index contributed by atoms with van der Waals surface area (Å²) in [6.07, 6.45) is 6.74. The summed E-state index contributed by atoms with van der Waals surface area (Å²) in [6, 6.07) is 58.2. The summed E-state index contributed by atoms with van der Waals surface area (Å²) in [5, 5.41) is 4.74. The molecule has 0 unspecified atom stereocenters. The van der Waals surface area contributed by atoms with Crippen molar-refractivity contribution in [3.8, 4) is 39.4 Å². The van der Waals surface area contributed by atoms with E-state index in [1.54, 1.807) is 0 Å². The highest BCUT2D eigenvalue weighted by Gasteiger charge is 2.27. The molecule has 0 saturated heterocycles. The number of nitrogens with zero attached hydrogens (tertiary/aromatic N) is 3. The van der Waals surface area contributed by atoms with Crippen molar-refractivity contribution in [2.24, 2.45) is 0 Å². The molecule has 1 N–H and O–H groups in total. The van der Waals surface area contributed by atoms with Gasteiger partial charge in [0, 0.05) is 34.7 Å². The number of rotatable bonds is 4. The fourth-order valence-electron chi connectivity index (χ4n) is 8.36. The molecule has 54 heavy (non-hydrogen) atoms. The van der Waals surface area contributed by atoms with Gasteiger partial charge in [-0.25, -0.2) is 4.98 Å². The summed E-state index contributed by atoms with van der Waals surface area (Å²) in [6.45, 7) is 0.708. The third kappa shape index (κ3) is 4.97. The maximum Gasteiger partial charge on any atom is 0.247 e. The van der Waals surface area contributed by atoms with Crippen molar-refractivity contribution in [3.63, 3.8) is 0 Å². The number of allylic oxidation sites excluding steroid dienone is 2. The number of halogens is 1. The molecule has 5 nitrogen and oxygen atoms in total. The molecule has 0 bridgehead atoms. The number of aromatic nitrogens is 3. The average Bonchev–Trinajstić information content (AvgIpc) is 3.80. The number of benzene rings is 7. The number of fused-ring (bicyclic) bond motifs is 12. The standard InChI is InChI=1S/C48H32N4O.ClH/c1-2-15-36-35(14-1)37-16-3-4-18-39(37)41-26-27-50(30-44(41)40-19-6-5-17-38(36)40)52-46-22-9-7-20-42(46)43-25-24-34(29-48(43)52)53-33-13-11-12-32(28-33)51-31-49-45-21-8-10-23-47(45)51;/h1-26,28-31H,27H2;1H. The van der Waals surface area contributed by atoms with Crippen LogP contribution in [0.25, 0.3) is 71.9 Å². The van der Waals surface area contributed by atoms with Crippen molar-refractivity contribution < 1.29 is 22.1 Å². The number of aromatic amines is 1. The molecular weight excluding hydrogens is 684 g/mol. The van der Waals surface area contributed by atoms with Crippen LogP contribution in [0.1, 0.15) is 11.1 Å². The number of nitrogens with one attached hydrogen (secondary N) is 1. The zero-order valence-electron chi connectivity index (χ0n) is 29.2. The van der Waals surface area contributed by atoms with Crippen LogP contribution in [-0.2, 0) is 0 Å². The predicted molar refractivity (Wildman–Crippen MR) is 216 cm³/mol. The quantitative estimate of drug-likeness (QED) is 0.185. The van der Waals surface area contributed by atoms with E-state index in [4.69, 9.17) is 4.74 Å². The molecule has 0 radical (unpaired) electrons. The first-order valence-corrected chi connectivity index (χ1v) is 18.1. The Morgan fingerprint density at radius 2 is 1.07 bits per heavy atom. The number of imidazole rings is 1. The van der Waals surface area contributed by atoms with E-state index in [2.05, 4.69) is 177 Å². The van der Waals surface area contributed by atoms with Crippen molar-refractivity contribution in [1.29, 1.82) is 0 Å². The van der Waals surface area contributed by atoms with Crippen LogP contribution in [0.15, 0.2) is 182 Å². The molecular formula is C48H33ClN4O. The van der Waals surface area contributed by atoms with Gasteiger partial charge in [0.1, 0.15) is 17.2 Å². The smallest absolute Gasteiger partial charge is 0.247 e. The molecule has 2 aliphatic rings. The Bertz CT molecular complexity index is 2990. The van der Waals surface area contributed by atoms with Crippen molar-refractivity contribution in [2.75, 3.05) is 11.6 Å². The maximum absolute atomic E-state index is 6.63. The van der Waals surface area contributed by atoms with Gasteiger partial charge in [-0.05, 0) is 81.4 Å². The molecule has 0 atom stereocenters. The summed E-state index contributed by atoms with van der Waals surface area (Å²) in [7, 11) is 0. The maximum atomic E-state index is 6.63. The van der Waals surface area contributed by atoms with Crippen molar-refractivity contribution in [1.82, 2.24) is 9.24 Å². The van der Waals surface area contributed by atoms with Crippen LogP contribution in [0.2, 0.25) is 0 Å². The summed E-state index contributed by atoms with van der Waals surface area (Å²) in [5.74, 6) is 1.56. The Kier molecular flexibility index (Phi) is 7.49. The molecule has 0 saturated carbocycles. The highest BCUT2D eigenvalue weighted by molar-refractivity contribution is 6.14. The van der Waals surface area contributed by atoms with Gasteiger partial charge in [-0.3, -0.25) is 9.69 Å². The highest BCUT2D eigenvalue weighted by atomic mass is 35.5. The first kappa shape index (κ1) is 31.9. The fraction of sp³-hybridized carbons (Fsp3) is 0.0208. The lowest BCUT2D eigenvalue weighted by molar-refractivity contribution is -0.345. The lowest BCUT2D eigenvalue weighted by Crippen LogP contribution is -3.00. The Hall–Kier alpha value is -6.82. The molecule has 1 aliphatic carbocycles. The zero-order chi connectivity index (χ0) is 34.9. The normalized spacial score (nSPS) is 13.1. The van der Waals surface area contributed by atoms with E-state index in [0.717, 1.165) is 39.3 Å². The van der Waals surface area contributed by atoms with E-state index in [1.807, 2.05) is 24.5 Å². The van der Waals surface area contributed by atoms with Gasteiger partial charge in [-0.15, -0.1) is 0 Å². The second-order valence-corrected chi connectivity index (χ2v) is 13.7. The molecule has 9 aromatic rings. The van der Waals surface area contributed by atoms with Gasteiger partial charge in [-0.2, -0.15) is 4.57 Å². The Labute approximate surface area is 318 Å². The second-order valence-electron chi connectivity index (χ2n) is 13.7. The average molecular weight is 717 g/mol. The Morgan fingerprint density at radius 3 is 1.83 bits per heavy atom. The van der Waals surface area contributed by atoms with Crippen molar-refractivity contribution >= 4 is 44.0 Å². The van der Waals surface area contributed by atoms with E-state index in [9.17, 15) is 0 Å². The molecule has 1 aliphatic heterocycles. The second kappa shape index (κ2) is 12.7. The minimum Gasteiger partial charge on any atom is -1.00 e. The van der Waals surface area contributed by atoms with Crippen LogP contribution in [0.5, 0.6) is 11.5 Å². The minimum atomic E-state index is 0. The first-order valence-electron chi connectivity index (χ1n) is 18.1. The van der Waals surface area contributed by atoms with Gasteiger partial charge in [0.15, 0.2) is 11.0 Å². The number of hydrogen-bond donors (Lipinski definition) is 0. The molecule has 0 fully saturated rings. The fourth-order valence-corrected chi connectivity index (χ4v) is 8.36. The third-order valence-electron chi connectivity index (χ3n) is 10.7. The van der Waals surface area contributed by atoms with E-state index in [1.165, 1.54) is 55.3 Å². The van der Waals surface area contributed by atoms with Gasteiger partial charge >= 0.3 is 0 Å². The van der Waals surface area contributed by atoms with E-state index >= 15 is 0 Å². The van der Waals surface area contributed by atoms with Gasteiger partial charge in [0.2, 0.25) is 6.33 Å². The molecule has 2 aromatic heterocycles. The number of hydrogen-bond acceptors (Lipinski definition) is 2. The summed E-state index contributed by atoms with van der Waals surface area (Å²) >= 11 is 0. The lowest BCUT2D eigenvalue weighted by atomic mass is 9.79. The Balaban J connectivity index is 0.00000361. The van der Waals surface area contributed by atoms with E-state index in [-0.39, 0.29) is 12.4 Å². The molecule has 11 rings (SSSR count). The molecule has 258 valence electrons. The monoisotopic (exact) mass is 716 g/mol. The summed E-state index contributed by atoms with van der Waals surface area (Å²) < 4.78 is 11.1. The molecule has 7 aromatic carbocycles. The first-order chi connectivity index (χ1) is 26.3. The van der Waals surface area contributed by atoms with Gasteiger partial charge in [0.25, 0.3) is 0 Å². The van der Waals surface area contributed by atoms with Crippen LogP contribution in [-0.4, -0.2) is 15.8 Å². The topological polar surface area (TPSA) is 36.5 Å². The molecule has 3 heterocycles. The van der Waals surface area contributed by atoms with Gasteiger partial charge < -0.3 is 17.1 Å². The van der Waals surface area contributed by atoms with Crippen LogP contribution < -0.4 is 27.1 Å². The SMILES string of the molecule is C1=C2C(=CN(n3c4ccccc4c4ccc(Oc5cccc(-n6c[nH+]c7ccccc76)c5)cc43)C1)c1ccccc1-c1ccccc1-c1ccccc12.[Cl-]. The molecule has 6 heteroatoms. The van der Waals surface area contributed by atoms with E-state index < -0.39 is 0 Å². The van der Waals surface area contributed by atoms with Crippen LogP contribution in [0, 0.1) is 0 Å². The molecule has 0 amide bonds. The van der Waals surface area contributed by atoms with Gasteiger partial charge in [-0.1, -0.05) is 115 Å². The highest BCUT2D eigenvalue weighted by Crippen LogP contribution is 2.47. The van der Waals surface area contributed by atoms with Crippen molar-refractivity contribution in [3.05, 3.63) is 194 Å². The predicted octanol–water partition coefficient (Wildman–Crippen LogP) is 8.07. The van der Waals surface area contributed by atoms with E-state index in [0.29, 0.717) is 6.54 Å². The number of para-hydroxylation sites is 3. The number of ether oxygens (including phenoxy) is 1. The van der Waals surface area contributed by atoms with Crippen LogP contribution >= 0.6 is 0 Å². The zero-order valence-corrected chi connectivity index (χ0v) is 29.9. The Morgan fingerprint density at radius 1 is 0.481 bits per heavy atom. The summed E-state index contributed by atoms with van der Waals surface area (Å²) in [4.78, 5) is 3.37. The van der Waals surface area contributed by atoms with Crippen LogP contribution in [0.4, 0.5) is 0 Å². The van der Waals surface area contributed by atoms with Crippen LogP contribution in [0.3, 0.4) is 0 Å². The third-order valence-corrected chi connectivity index (χ3v) is 10.7. The summed E-state index contributed by atoms with van der Waals surface area (Å²) in [5.41, 5.74) is 15.4. The number of H-pyrrole nitrogens is 1. The van der Waals surface area contributed by atoms with Gasteiger partial charge in [0.05, 0.1) is 17.6 Å². The van der Waals surface area contributed by atoms with Crippen molar-refractivity contribution in [2.45, 2.75) is 0 Å².